The number of thioether (sulfide) groups is 1. The lowest BCUT2D eigenvalue weighted by atomic mass is 9.95. The van der Waals surface area contributed by atoms with E-state index in [1.807, 2.05) is 37.3 Å². The van der Waals surface area contributed by atoms with Crippen LogP contribution < -0.4 is 9.64 Å². The van der Waals surface area contributed by atoms with Crippen LogP contribution in [0, 0.1) is 5.82 Å². The number of amides is 1. The fourth-order valence-corrected chi connectivity index (χ4v) is 5.92. The molecule has 7 nitrogen and oxygen atoms in total. The summed E-state index contributed by atoms with van der Waals surface area (Å²) in [5.74, 6) is -1.28. The van der Waals surface area contributed by atoms with E-state index in [4.69, 9.17) is 4.74 Å². The molecule has 5 rings (SSSR count). The minimum Gasteiger partial charge on any atom is -0.507 e. The lowest BCUT2D eigenvalue weighted by Crippen LogP contribution is -2.29. The number of aliphatic hydroxyl groups excluding tert-OH is 1. The molecule has 1 aromatic heterocycles. The third-order valence-electron chi connectivity index (χ3n) is 5.88. The molecule has 1 aliphatic rings. The number of ketones is 1. The number of ether oxygens (including phenoxy) is 1. The summed E-state index contributed by atoms with van der Waals surface area (Å²) < 4.78 is 19.7. The van der Waals surface area contributed by atoms with Gasteiger partial charge in [0.05, 0.1) is 18.2 Å². The van der Waals surface area contributed by atoms with E-state index in [0.717, 1.165) is 5.56 Å². The Morgan fingerprint density at radius 2 is 1.74 bits per heavy atom. The third kappa shape index (κ3) is 5.18. The predicted molar refractivity (Wildman–Crippen MR) is 145 cm³/mol. The van der Waals surface area contributed by atoms with E-state index in [2.05, 4.69) is 10.2 Å². The maximum Gasteiger partial charge on any atom is 0.301 e. The monoisotopic (exact) mass is 547 g/mol. The maximum atomic E-state index is 13.5. The molecule has 1 atom stereocenters. The van der Waals surface area contributed by atoms with Gasteiger partial charge >= 0.3 is 5.91 Å². The van der Waals surface area contributed by atoms with Crippen LogP contribution in [0.1, 0.15) is 29.7 Å². The van der Waals surface area contributed by atoms with Crippen LogP contribution in [0.25, 0.3) is 5.76 Å². The Bertz CT molecular complexity index is 1490. The topological polar surface area (TPSA) is 92.6 Å². The fraction of sp³-hybridized carbons (Fsp3) is 0.143. The fourth-order valence-electron chi connectivity index (χ4n) is 4.10. The van der Waals surface area contributed by atoms with E-state index in [1.165, 1.54) is 52.3 Å². The van der Waals surface area contributed by atoms with Crippen LogP contribution in [-0.2, 0) is 15.3 Å². The lowest BCUT2D eigenvalue weighted by Gasteiger charge is -2.22. The minimum atomic E-state index is -0.962. The number of benzene rings is 3. The molecule has 0 radical (unpaired) electrons. The number of carbonyl (C=O) groups is 2. The van der Waals surface area contributed by atoms with Crippen LogP contribution in [0.3, 0.4) is 0 Å². The number of anilines is 1. The maximum absolute atomic E-state index is 13.5. The van der Waals surface area contributed by atoms with E-state index in [0.29, 0.717) is 28.0 Å². The molecule has 1 fully saturated rings. The summed E-state index contributed by atoms with van der Waals surface area (Å²) in [7, 11) is 0. The molecule has 1 unspecified atom stereocenters. The first-order chi connectivity index (χ1) is 18.5. The Morgan fingerprint density at radius 3 is 2.42 bits per heavy atom. The first kappa shape index (κ1) is 25.6. The molecule has 192 valence electrons. The Labute approximate surface area is 226 Å². The molecule has 1 saturated heterocycles. The van der Waals surface area contributed by atoms with E-state index < -0.39 is 29.3 Å². The highest BCUT2D eigenvalue weighted by Crippen LogP contribution is 2.44. The van der Waals surface area contributed by atoms with Crippen molar-refractivity contribution in [2.75, 3.05) is 11.5 Å². The van der Waals surface area contributed by atoms with Crippen LogP contribution in [0.5, 0.6) is 5.75 Å². The van der Waals surface area contributed by atoms with Gasteiger partial charge in [0.25, 0.3) is 5.78 Å². The number of hydrogen-bond acceptors (Lipinski definition) is 8. The summed E-state index contributed by atoms with van der Waals surface area (Å²) in [6.07, 6.45) is 0. The van der Waals surface area contributed by atoms with E-state index >= 15 is 0 Å². The molecule has 1 N–H and O–H groups in total. The van der Waals surface area contributed by atoms with Gasteiger partial charge in [-0.25, -0.2) is 4.39 Å². The highest BCUT2D eigenvalue weighted by Gasteiger charge is 2.48. The first-order valence-corrected chi connectivity index (χ1v) is 13.6. The van der Waals surface area contributed by atoms with Crippen LogP contribution in [0.2, 0.25) is 0 Å². The first-order valence-electron chi connectivity index (χ1n) is 11.8. The molecule has 4 aromatic rings. The zero-order chi connectivity index (χ0) is 26.6. The second-order valence-corrected chi connectivity index (χ2v) is 10.5. The van der Waals surface area contributed by atoms with E-state index in [-0.39, 0.29) is 16.3 Å². The van der Waals surface area contributed by atoms with Crippen molar-refractivity contribution in [2.24, 2.45) is 0 Å². The summed E-state index contributed by atoms with van der Waals surface area (Å²) >= 11 is 2.67. The van der Waals surface area contributed by atoms with Crippen LogP contribution in [0.4, 0.5) is 9.52 Å². The molecule has 10 heteroatoms. The second-order valence-electron chi connectivity index (χ2n) is 8.30. The average molecular weight is 548 g/mol. The Hall–Kier alpha value is -4.02. The molecular weight excluding hydrogens is 525 g/mol. The van der Waals surface area contributed by atoms with Crippen molar-refractivity contribution in [3.63, 3.8) is 0 Å². The van der Waals surface area contributed by atoms with Crippen molar-refractivity contribution in [1.82, 2.24) is 10.2 Å². The van der Waals surface area contributed by atoms with Crippen molar-refractivity contribution in [3.8, 4) is 5.75 Å². The molecule has 0 spiro atoms. The summed E-state index contributed by atoms with van der Waals surface area (Å²) in [4.78, 5) is 27.9. The van der Waals surface area contributed by atoms with Gasteiger partial charge in [-0.05, 0) is 54.4 Å². The van der Waals surface area contributed by atoms with E-state index in [9.17, 15) is 19.1 Å². The van der Waals surface area contributed by atoms with Gasteiger partial charge in [-0.1, -0.05) is 65.6 Å². The highest BCUT2D eigenvalue weighted by atomic mass is 32.2. The van der Waals surface area contributed by atoms with Crippen molar-refractivity contribution >= 4 is 45.7 Å². The number of hydrogen-bond donors (Lipinski definition) is 1. The molecule has 1 amide bonds. The minimum absolute atomic E-state index is 0.112. The van der Waals surface area contributed by atoms with Crippen molar-refractivity contribution < 1.29 is 23.8 Å². The smallest absolute Gasteiger partial charge is 0.301 e. The largest absolute Gasteiger partial charge is 0.507 e. The number of aliphatic hydroxyl groups is 1. The molecule has 0 bridgehead atoms. The zero-order valence-corrected chi connectivity index (χ0v) is 21.8. The number of halogens is 1. The lowest BCUT2D eigenvalue weighted by molar-refractivity contribution is -0.132. The van der Waals surface area contributed by atoms with Gasteiger partial charge in [0.15, 0.2) is 4.34 Å². The highest BCUT2D eigenvalue weighted by molar-refractivity contribution is 8.00. The zero-order valence-electron chi connectivity index (χ0n) is 20.2. The molecule has 0 saturated carbocycles. The van der Waals surface area contributed by atoms with Gasteiger partial charge in [0, 0.05) is 11.3 Å². The van der Waals surface area contributed by atoms with Gasteiger partial charge < -0.3 is 9.84 Å². The molecule has 38 heavy (non-hydrogen) atoms. The molecule has 2 heterocycles. The number of rotatable bonds is 8. The van der Waals surface area contributed by atoms with Crippen molar-refractivity contribution in [3.05, 3.63) is 107 Å². The van der Waals surface area contributed by atoms with Gasteiger partial charge in [-0.15, -0.1) is 10.2 Å². The summed E-state index contributed by atoms with van der Waals surface area (Å²) in [6.45, 7) is 2.35. The number of aromatic nitrogens is 2. The number of Topliss-reactive ketones (excluding diaryl/α,β-unsaturated/α-hetero) is 1. The van der Waals surface area contributed by atoms with Gasteiger partial charge in [-0.2, -0.15) is 0 Å². The molecule has 3 aromatic carbocycles. The standard InChI is InChI=1S/C28H22FN3O4S2/c1-2-36-21-14-10-18(11-15-21)23-22(24(33)19-8-12-20(29)13-9-19)25(34)26(35)32(23)27-30-31-28(38-27)37-16-17-6-4-3-5-7-17/h3-15,23,33H,2,16H2,1H3/b24-22-. The molecule has 0 aliphatic carbocycles. The third-order valence-corrected chi connectivity index (χ3v) is 8.00. The quantitative estimate of drug-likeness (QED) is 0.0952. The van der Waals surface area contributed by atoms with Crippen LogP contribution in [0.15, 0.2) is 88.8 Å². The van der Waals surface area contributed by atoms with Crippen molar-refractivity contribution in [2.45, 2.75) is 23.1 Å². The summed E-state index contributed by atoms with van der Waals surface area (Å²) in [5.41, 5.74) is 1.80. The molecule has 1 aliphatic heterocycles. The normalized spacial score (nSPS) is 16.7. The van der Waals surface area contributed by atoms with Gasteiger partial charge in [-0.3, -0.25) is 14.5 Å². The average Bonchev–Trinajstić information content (AvgIpc) is 3.51. The summed E-state index contributed by atoms with van der Waals surface area (Å²) in [6, 6.07) is 20.9. The van der Waals surface area contributed by atoms with E-state index in [1.54, 1.807) is 24.3 Å². The van der Waals surface area contributed by atoms with Crippen LogP contribution in [-0.4, -0.2) is 33.6 Å². The summed E-state index contributed by atoms with van der Waals surface area (Å²) in [5, 5.41) is 19.8. The Balaban J connectivity index is 1.54. The second kappa shape index (κ2) is 11.2. The van der Waals surface area contributed by atoms with Gasteiger partial charge in [0.2, 0.25) is 5.13 Å². The number of nitrogens with zero attached hydrogens (tertiary/aromatic N) is 3. The van der Waals surface area contributed by atoms with Crippen LogP contribution >= 0.6 is 23.1 Å². The number of carbonyl (C=O) groups excluding carboxylic acids is 2. The Kier molecular flexibility index (Phi) is 7.52. The van der Waals surface area contributed by atoms with Gasteiger partial charge in [0.1, 0.15) is 17.3 Å². The Morgan fingerprint density at radius 1 is 1.03 bits per heavy atom. The predicted octanol–water partition coefficient (Wildman–Crippen LogP) is 5.99. The SMILES string of the molecule is CCOc1ccc(C2/C(=C(/O)c3ccc(F)cc3)C(=O)C(=O)N2c2nnc(SCc3ccccc3)s2)cc1. The molecular formula is C28H22FN3O4S2. The van der Waals surface area contributed by atoms with Crippen molar-refractivity contribution in [1.29, 1.82) is 0 Å².